The maximum absolute atomic E-state index is 2.28. The second kappa shape index (κ2) is 5.07. The van der Waals surface area contributed by atoms with Crippen molar-refractivity contribution in [3.8, 4) is 0 Å². The van der Waals surface area contributed by atoms with E-state index in [1.807, 2.05) is 0 Å². The molecule has 0 aromatic heterocycles. The summed E-state index contributed by atoms with van der Waals surface area (Å²) < 4.78 is 4.55. The van der Waals surface area contributed by atoms with Crippen molar-refractivity contribution in [3.05, 3.63) is 0 Å². The molecule has 0 fully saturated rings. The molecule has 2 heteroatoms. The van der Waals surface area contributed by atoms with E-state index in [2.05, 4.69) is 50.9 Å². The number of likely N-dealkylation sites (N-methyl/N-ethyl adjacent to an activating group) is 2. The van der Waals surface area contributed by atoms with E-state index in [9.17, 15) is 0 Å². The lowest BCUT2D eigenvalue weighted by Gasteiger charge is -1.99. The minimum Gasteiger partial charge on any atom is -0.234 e. The second-order valence-corrected chi connectivity index (χ2v) is 3.74. The molecule has 0 aliphatic carbocycles. The molecule has 0 aliphatic heterocycles. The van der Waals surface area contributed by atoms with E-state index in [1.165, 1.54) is 11.4 Å². The Bertz CT molecular complexity index is 180. The molecule has 0 heterocycles. The van der Waals surface area contributed by atoms with Gasteiger partial charge in [0.1, 0.15) is 25.5 Å². The number of hydrogen-bond acceptors (Lipinski definition) is 0. The van der Waals surface area contributed by atoms with Crippen molar-refractivity contribution in [1.82, 2.24) is 0 Å². The first-order chi connectivity index (χ1) is 5.45. The van der Waals surface area contributed by atoms with Crippen LogP contribution in [0.15, 0.2) is 0 Å². The monoisotopic (exact) mass is 170 g/mol. The fourth-order valence-electron chi connectivity index (χ4n) is 0.747. The first-order valence-electron chi connectivity index (χ1n) is 4.47. The second-order valence-electron chi connectivity index (χ2n) is 3.74. The molecule has 0 saturated carbocycles. The van der Waals surface area contributed by atoms with Gasteiger partial charge in [0.25, 0.3) is 0 Å². The Labute approximate surface area is 76.2 Å². The molecule has 0 aliphatic rings. The van der Waals surface area contributed by atoms with Gasteiger partial charge in [-0.2, -0.15) is 0 Å². The van der Waals surface area contributed by atoms with Gasteiger partial charge in [-0.15, -0.1) is 0 Å². The largest absolute Gasteiger partial charge is 0.234 e. The molecule has 70 valence electrons. The topological polar surface area (TPSA) is 6.02 Å². The molecular formula is C10H22N2+2. The lowest BCUT2D eigenvalue weighted by atomic mass is 10.4. The van der Waals surface area contributed by atoms with Crippen LogP contribution in [0, 0.1) is 0 Å². The van der Waals surface area contributed by atoms with E-state index in [0.29, 0.717) is 0 Å². The zero-order chi connectivity index (χ0) is 9.72. The van der Waals surface area contributed by atoms with Crippen molar-refractivity contribution in [2.24, 2.45) is 0 Å². The Kier molecular flexibility index (Phi) is 4.79. The Hall–Kier alpha value is -0.660. The van der Waals surface area contributed by atoms with Crippen LogP contribution >= 0.6 is 0 Å². The summed E-state index contributed by atoms with van der Waals surface area (Å²) in [6.45, 7) is 10.8. The minimum atomic E-state index is 1.10. The molecule has 0 radical (unpaired) electrons. The maximum Gasteiger partial charge on any atom is 0.200 e. The third kappa shape index (κ3) is 4.27. The summed E-state index contributed by atoms with van der Waals surface area (Å²) in [5.74, 6) is 0. The van der Waals surface area contributed by atoms with E-state index in [-0.39, 0.29) is 0 Å². The Morgan fingerprint density at radius 1 is 0.750 bits per heavy atom. The minimum absolute atomic E-state index is 1.10. The molecular weight excluding hydrogens is 148 g/mol. The van der Waals surface area contributed by atoms with Crippen molar-refractivity contribution in [2.75, 3.05) is 27.2 Å². The van der Waals surface area contributed by atoms with Crippen molar-refractivity contribution < 1.29 is 9.15 Å². The molecule has 0 N–H and O–H groups in total. The fourth-order valence-corrected chi connectivity index (χ4v) is 0.747. The highest BCUT2D eigenvalue weighted by atomic mass is 15.0. The van der Waals surface area contributed by atoms with E-state index in [0.717, 1.165) is 13.1 Å². The Morgan fingerprint density at radius 2 is 1.00 bits per heavy atom. The zero-order valence-electron chi connectivity index (χ0n) is 9.31. The first kappa shape index (κ1) is 11.3. The highest BCUT2D eigenvalue weighted by Gasteiger charge is 2.04. The summed E-state index contributed by atoms with van der Waals surface area (Å²) in [5.41, 5.74) is 2.74. The van der Waals surface area contributed by atoms with Crippen LogP contribution in [0.25, 0.3) is 0 Å². The average molecular weight is 170 g/mol. The molecule has 0 aromatic rings. The number of nitrogens with zero attached hydrogens (tertiary/aromatic N) is 2. The van der Waals surface area contributed by atoms with Crippen molar-refractivity contribution in [1.29, 1.82) is 0 Å². The van der Waals surface area contributed by atoms with E-state index in [1.54, 1.807) is 0 Å². The molecule has 2 nitrogen and oxygen atoms in total. The molecule has 0 amide bonds. The third-order valence-electron chi connectivity index (χ3n) is 2.30. The van der Waals surface area contributed by atoms with Gasteiger partial charge in [0.05, 0.1) is 0 Å². The van der Waals surface area contributed by atoms with E-state index >= 15 is 0 Å². The smallest absolute Gasteiger partial charge is 0.200 e. The predicted molar refractivity (Wildman–Crippen MR) is 54.8 cm³/mol. The third-order valence-corrected chi connectivity index (χ3v) is 2.30. The highest BCUT2D eigenvalue weighted by Crippen LogP contribution is 1.79. The lowest BCUT2D eigenvalue weighted by molar-refractivity contribution is -0.571. The van der Waals surface area contributed by atoms with Crippen LogP contribution in [0.5, 0.6) is 0 Å². The standard InChI is InChI=1S/C10H22N2/c1-9(2)11(5)7-8-12(6)10(3)4/h7-8H2,1-6H3/q+2. The lowest BCUT2D eigenvalue weighted by Crippen LogP contribution is -2.24. The van der Waals surface area contributed by atoms with Gasteiger partial charge in [-0.1, -0.05) is 0 Å². The molecule has 12 heavy (non-hydrogen) atoms. The van der Waals surface area contributed by atoms with Gasteiger partial charge in [-0.05, 0) is 0 Å². The van der Waals surface area contributed by atoms with Gasteiger partial charge in [0.2, 0.25) is 0 Å². The van der Waals surface area contributed by atoms with Crippen molar-refractivity contribution >= 4 is 11.4 Å². The first-order valence-corrected chi connectivity index (χ1v) is 4.47. The van der Waals surface area contributed by atoms with Gasteiger partial charge in [0.15, 0.2) is 13.1 Å². The molecule has 0 atom stereocenters. The quantitative estimate of drug-likeness (QED) is 0.444. The Morgan fingerprint density at radius 3 is 1.17 bits per heavy atom. The van der Waals surface area contributed by atoms with Crippen LogP contribution in [0.4, 0.5) is 0 Å². The van der Waals surface area contributed by atoms with Crippen molar-refractivity contribution in [3.63, 3.8) is 0 Å². The van der Waals surface area contributed by atoms with Crippen LogP contribution in [-0.4, -0.2) is 47.8 Å². The average Bonchev–Trinajstić information content (AvgIpc) is 1.98. The summed E-state index contributed by atoms with van der Waals surface area (Å²) in [6, 6.07) is 0. The van der Waals surface area contributed by atoms with Crippen LogP contribution in [0.3, 0.4) is 0 Å². The van der Waals surface area contributed by atoms with Crippen LogP contribution in [0.1, 0.15) is 27.7 Å². The summed E-state index contributed by atoms with van der Waals surface area (Å²) >= 11 is 0. The predicted octanol–water partition coefficient (Wildman–Crippen LogP) is 1.23. The van der Waals surface area contributed by atoms with Crippen LogP contribution in [-0.2, 0) is 0 Å². The molecule has 0 spiro atoms. The molecule has 0 unspecified atom stereocenters. The molecule has 0 bridgehead atoms. The molecule has 0 aromatic carbocycles. The van der Waals surface area contributed by atoms with Crippen molar-refractivity contribution in [2.45, 2.75) is 27.7 Å². The van der Waals surface area contributed by atoms with Gasteiger partial charge < -0.3 is 0 Å². The zero-order valence-corrected chi connectivity index (χ0v) is 9.31. The van der Waals surface area contributed by atoms with Gasteiger partial charge in [-0.25, -0.2) is 9.15 Å². The van der Waals surface area contributed by atoms with Gasteiger partial charge >= 0.3 is 0 Å². The summed E-state index contributed by atoms with van der Waals surface area (Å²) in [7, 11) is 4.27. The van der Waals surface area contributed by atoms with Crippen LogP contribution in [0.2, 0.25) is 0 Å². The maximum atomic E-state index is 2.28. The van der Waals surface area contributed by atoms with E-state index < -0.39 is 0 Å². The molecule has 0 saturated heterocycles. The SMILES string of the molecule is CC(C)=[N+](C)CC[N+](C)=C(C)C. The fraction of sp³-hybridized carbons (Fsp3) is 0.800. The summed E-state index contributed by atoms with van der Waals surface area (Å²) in [4.78, 5) is 0. The summed E-state index contributed by atoms with van der Waals surface area (Å²) in [5, 5.41) is 0. The van der Waals surface area contributed by atoms with Gasteiger partial charge in [-0.3, -0.25) is 0 Å². The number of rotatable bonds is 3. The normalized spacial score (nSPS) is 9.50. The Balaban J connectivity index is 4.03. The number of hydrogen-bond donors (Lipinski definition) is 0. The van der Waals surface area contributed by atoms with Gasteiger partial charge in [0, 0.05) is 27.7 Å². The van der Waals surface area contributed by atoms with E-state index in [4.69, 9.17) is 0 Å². The summed E-state index contributed by atoms with van der Waals surface area (Å²) in [6.07, 6.45) is 0. The van der Waals surface area contributed by atoms with Crippen LogP contribution < -0.4 is 0 Å². The highest BCUT2D eigenvalue weighted by molar-refractivity contribution is 5.74. The molecule has 0 rings (SSSR count).